The van der Waals surface area contributed by atoms with Crippen molar-refractivity contribution in [3.8, 4) is 0 Å². The molecule has 0 aromatic heterocycles. The van der Waals surface area contributed by atoms with E-state index in [9.17, 15) is 4.79 Å². The number of Topliss-reactive ketones (excluding diaryl/α,β-unsaturated/α-hetero) is 1. The maximum absolute atomic E-state index is 10.7. The predicted molar refractivity (Wildman–Crippen MR) is 78.3 cm³/mol. The maximum atomic E-state index is 10.7. The predicted octanol–water partition coefficient (Wildman–Crippen LogP) is 5.10. The highest BCUT2D eigenvalue weighted by Crippen LogP contribution is 2.10. The van der Waals surface area contributed by atoms with E-state index in [-0.39, 0.29) is 5.78 Å². The van der Waals surface area contributed by atoms with Crippen LogP contribution in [0.5, 0.6) is 0 Å². The molecule has 0 aliphatic rings. The van der Waals surface area contributed by atoms with Gasteiger partial charge in [-0.05, 0) is 31.2 Å². The van der Waals surface area contributed by atoms with Crippen molar-refractivity contribution < 1.29 is 4.79 Å². The van der Waals surface area contributed by atoms with Crippen LogP contribution < -0.4 is 0 Å². The number of benzene rings is 2. The first-order valence-electron chi connectivity index (χ1n) is 5.06. The van der Waals surface area contributed by atoms with Gasteiger partial charge in [-0.2, -0.15) is 0 Å². The van der Waals surface area contributed by atoms with E-state index in [1.807, 2.05) is 42.5 Å². The molecule has 0 radical (unpaired) electrons. The Morgan fingerprint density at radius 2 is 1.29 bits per heavy atom. The van der Waals surface area contributed by atoms with Gasteiger partial charge in [0, 0.05) is 14.5 Å². The standard InChI is InChI=1S/C8H7BrO.C6H5Br/c1-6(10)7-2-4-8(9)5-3-7;7-6-4-2-1-3-5-6/h2-5H,1H3;1-5H. The van der Waals surface area contributed by atoms with Crippen molar-refractivity contribution in [2.45, 2.75) is 6.92 Å². The SMILES string of the molecule is Brc1ccccc1.CC(=O)c1ccc(Br)cc1. The molecule has 1 nitrogen and oxygen atoms in total. The van der Waals surface area contributed by atoms with Gasteiger partial charge in [-0.1, -0.05) is 62.2 Å². The van der Waals surface area contributed by atoms with Gasteiger partial charge in [-0.25, -0.2) is 0 Å². The molecule has 3 heteroatoms. The number of halogens is 2. The highest BCUT2D eigenvalue weighted by molar-refractivity contribution is 9.10. The molecule has 0 spiro atoms. The van der Waals surface area contributed by atoms with E-state index in [0.717, 1.165) is 14.5 Å². The second kappa shape index (κ2) is 7.41. The molecule has 0 atom stereocenters. The van der Waals surface area contributed by atoms with Crippen LogP contribution >= 0.6 is 31.9 Å². The largest absolute Gasteiger partial charge is 0.295 e. The van der Waals surface area contributed by atoms with Crippen molar-refractivity contribution in [3.63, 3.8) is 0 Å². The smallest absolute Gasteiger partial charge is 0.159 e. The topological polar surface area (TPSA) is 17.1 Å². The Labute approximate surface area is 118 Å². The monoisotopic (exact) mass is 354 g/mol. The quantitative estimate of drug-likeness (QED) is 0.650. The summed E-state index contributed by atoms with van der Waals surface area (Å²) in [5, 5.41) is 0. The van der Waals surface area contributed by atoms with Gasteiger partial charge in [-0.3, -0.25) is 4.79 Å². The molecule has 0 amide bonds. The fraction of sp³-hybridized carbons (Fsp3) is 0.0714. The molecule has 0 fully saturated rings. The number of hydrogen-bond donors (Lipinski definition) is 0. The van der Waals surface area contributed by atoms with Gasteiger partial charge in [0.15, 0.2) is 5.78 Å². The zero-order valence-corrected chi connectivity index (χ0v) is 12.5. The summed E-state index contributed by atoms with van der Waals surface area (Å²) in [4.78, 5) is 10.7. The number of hydrogen-bond acceptors (Lipinski definition) is 1. The first-order valence-corrected chi connectivity index (χ1v) is 6.65. The molecule has 2 aromatic rings. The summed E-state index contributed by atoms with van der Waals surface area (Å²) in [6.45, 7) is 1.56. The second-order valence-corrected chi connectivity index (χ2v) is 5.19. The van der Waals surface area contributed by atoms with Crippen LogP contribution in [0.2, 0.25) is 0 Å². The Balaban J connectivity index is 0.000000181. The number of ketones is 1. The average molecular weight is 356 g/mol. The molecule has 0 aliphatic heterocycles. The lowest BCUT2D eigenvalue weighted by atomic mass is 10.2. The highest BCUT2D eigenvalue weighted by atomic mass is 79.9. The van der Waals surface area contributed by atoms with Gasteiger partial charge < -0.3 is 0 Å². The summed E-state index contributed by atoms with van der Waals surface area (Å²) < 4.78 is 2.13. The lowest BCUT2D eigenvalue weighted by Crippen LogP contribution is -1.89. The van der Waals surface area contributed by atoms with Crippen molar-refractivity contribution >= 4 is 37.6 Å². The Bertz CT molecular complexity index is 463. The van der Waals surface area contributed by atoms with Crippen LogP contribution in [0.25, 0.3) is 0 Å². The molecule has 88 valence electrons. The van der Waals surface area contributed by atoms with Crippen molar-refractivity contribution in [1.82, 2.24) is 0 Å². The number of rotatable bonds is 1. The summed E-state index contributed by atoms with van der Waals surface area (Å²) >= 11 is 6.59. The first-order chi connectivity index (χ1) is 8.09. The Morgan fingerprint density at radius 3 is 1.65 bits per heavy atom. The summed E-state index contributed by atoms with van der Waals surface area (Å²) in [5.41, 5.74) is 0.753. The molecule has 0 saturated heterocycles. The third-order valence-corrected chi connectivity index (χ3v) is 3.04. The van der Waals surface area contributed by atoms with E-state index < -0.39 is 0 Å². The van der Waals surface area contributed by atoms with Crippen LogP contribution in [0.3, 0.4) is 0 Å². The molecule has 2 aromatic carbocycles. The van der Waals surface area contributed by atoms with Gasteiger partial charge in [-0.15, -0.1) is 0 Å². The summed E-state index contributed by atoms with van der Waals surface area (Å²) in [5.74, 6) is 0.104. The van der Waals surface area contributed by atoms with E-state index in [0.29, 0.717) is 0 Å². The van der Waals surface area contributed by atoms with Crippen molar-refractivity contribution in [1.29, 1.82) is 0 Å². The minimum absolute atomic E-state index is 0.104. The Hall–Kier alpha value is -0.930. The molecular formula is C14H12Br2O. The van der Waals surface area contributed by atoms with Crippen LogP contribution in [0, 0.1) is 0 Å². The third-order valence-electron chi connectivity index (χ3n) is 1.98. The van der Waals surface area contributed by atoms with Crippen LogP contribution in [0.4, 0.5) is 0 Å². The van der Waals surface area contributed by atoms with Crippen molar-refractivity contribution in [3.05, 3.63) is 69.1 Å². The fourth-order valence-electron chi connectivity index (χ4n) is 1.10. The minimum atomic E-state index is 0.104. The van der Waals surface area contributed by atoms with Gasteiger partial charge in [0.25, 0.3) is 0 Å². The van der Waals surface area contributed by atoms with E-state index in [1.54, 1.807) is 19.1 Å². The molecule has 0 aliphatic carbocycles. The summed E-state index contributed by atoms with van der Waals surface area (Å²) in [6.07, 6.45) is 0. The lowest BCUT2D eigenvalue weighted by molar-refractivity contribution is 0.101. The molecule has 0 N–H and O–H groups in total. The average Bonchev–Trinajstić information content (AvgIpc) is 2.31. The second-order valence-electron chi connectivity index (χ2n) is 3.36. The zero-order chi connectivity index (χ0) is 12.7. The van der Waals surface area contributed by atoms with Crippen molar-refractivity contribution in [2.24, 2.45) is 0 Å². The number of carbonyl (C=O) groups is 1. The molecule has 0 bridgehead atoms. The van der Waals surface area contributed by atoms with Gasteiger partial charge in [0.2, 0.25) is 0 Å². The molecule has 17 heavy (non-hydrogen) atoms. The van der Waals surface area contributed by atoms with Gasteiger partial charge in [0.05, 0.1) is 0 Å². The number of carbonyl (C=O) groups excluding carboxylic acids is 1. The molecule has 0 unspecified atom stereocenters. The van der Waals surface area contributed by atoms with Crippen LogP contribution in [-0.4, -0.2) is 5.78 Å². The molecule has 0 heterocycles. The van der Waals surface area contributed by atoms with E-state index >= 15 is 0 Å². The van der Waals surface area contributed by atoms with E-state index in [2.05, 4.69) is 31.9 Å². The summed E-state index contributed by atoms with van der Waals surface area (Å²) in [7, 11) is 0. The third kappa shape index (κ3) is 5.80. The normalized spacial score (nSPS) is 9.12. The fourth-order valence-corrected chi connectivity index (χ4v) is 1.67. The summed E-state index contributed by atoms with van der Waals surface area (Å²) in [6, 6.07) is 17.3. The minimum Gasteiger partial charge on any atom is -0.295 e. The van der Waals surface area contributed by atoms with Crippen molar-refractivity contribution in [2.75, 3.05) is 0 Å². The van der Waals surface area contributed by atoms with Gasteiger partial charge >= 0.3 is 0 Å². The van der Waals surface area contributed by atoms with E-state index in [1.165, 1.54) is 0 Å². The Kier molecular flexibility index (Phi) is 6.16. The first kappa shape index (κ1) is 14.1. The van der Waals surface area contributed by atoms with Crippen LogP contribution in [0.15, 0.2) is 63.5 Å². The van der Waals surface area contributed by atoms with Crippen LogP contribution in [0.1, 0.15) is 17.3 Å². The Morgan fingerprint density at radius 1 is 0.824 bits per heavy atom. The molecular weight excluding hydrogens is 344 g/mol. The molecule has 0 saturated carbocycles. The molecule has 2 rings (SSSR count). The highest BCUT2D eigenvalue weighted by Gasteiger charge is 1.95. The maximum Gasteiger partial charge on any atom is 0.159 e. The lowest BCUT2D eigenvalue weighted by Gasteiger charge is -1.92. The van der Waals surface area contributed by atoms with Gasteiger partial charge in [0.1, 0.15) is 0 Å². The van der Waals surface area contributed by atoms with Crippen LogP contribution in [-0.2, 0) is 0 Å². The zero-order valence-electron chi connectivity index (χ0n) is 9.36. The van der Waals surface area contributed by atoms with E-state index in [4.69, 9.17) is 0 Å².